The van der Waals surface area contributed by atoms with E-state index in [1.807, 2.05) is 37.3 Å². The highest BCUT2D eigenvalue weighted by molar-refractivity contribution is 5.99. The van der Waals surface area contributed by atoms with Crippen LogP contribution < -0.4 is 9.47 Å². The van der Waals surface area contributed by atoms with Crippen molar-refractivity contribution in [2.24, 2.45) is 5.92 Å². The van der Waals surface area contributed by atoms with Crippen LogP contribution in [-0.2, 0) is 4.79 Å². The van der Waals surface area contributed by atoms with Crippen molar-refractivity contribution in [1.82, 2.24) is 0 Å². The molecule has 2 aliphatic rings. The largest absolute Gasteiger partial charge is 0.449 e. The number of carbonyl (C=O) groups excluding carboxylic acids is 1. The number of hydrogen-bond acceptors (Lipinski definition) is 3. The Morgan fingerprint density at radius 2 is 1.68 bits per heavy atom. The molecule has 0 aromatic heterocycles. The Balaban J connectivity index is 2.06. The minimum absolute atomic E-state index is 0.0178. The third-order valence-corrected chi connectivity index (χ3v) is 3.55. The molecule has 0 fully saturated rings. The molecule has 1 atom stereocenters. The van der Waals surface area contributed by atoms with Crippen LogP contribution in [0.2, 0.25) is 0 Å². The van der Waals surface area contributed by atoms with Crippen molar-refractivity contribution in [2.45, 2.75) is 26.7 Å². The zero-order valence-corrected chi connectivity index (χ0v) is 11.1. The molecule has 1 aromatic rings. The molecule has 0 saturated carbocycles. The van der Waals surface area contributed by atoms with Gasteiger partial charge >= 0.3 is 0 Å². The van der Waals surface area contributed by atoms with Crippen molar-refractivity contribution >= 4 is 5.78 Å². The van der Waals surface area contributed by atoms with Gasteiger partial charge in [-0.25, -0.2) is 0 Å². The van der Waals surface area contributed by atoms with E-state index in [1.165, 1.54) is 0 Å². The van der Waals surface area contributed by atoms with Crippen molar-refractivity contribution in [1.29, 1.82) is 0 Å². The second kappa shape index (κ2) is 4.57. The van der Waals surface area contributed by atoms with E-state index in [4.69, 9.17) is 9.47 Å². The van der Waals surface area contributed by atoms with Crippen LogP contribution in [0.1, 0.15) is 26.7 Å². The standard InChI is InChI=1S/C16H16O3/c1-3-10-9-11(4-2)15-16(14(10)17)19-13-8-6-5-7-12(13)18-15/h5-10H,3-4H2,1-2H3. The van der Waals surface area contributed by atoms with Crippen LogP contribution in [-0.4, -0.2) is 5.78 Å². The predicted octanol–water partition coefficient (Wildman–Crippen LogP) is 3.61. The Labute approximate surface area is 112 Å². The Morgan fingerprint density at radius 3 is 2.26 bits per heavy atom. The lowest BCUT2D eigenvalue weighted by molar-refractivity contribution is -0.120. The van der Waals surface area contributed by atoms with Gasteiger partial charge in [0.25, 0.3) is 0 Å². The first-order chi connectivity index (χ1) is 9.24. The van der Waals surface area contributed by atoms with Gasteiger partial charge in [-0.15, -0.1) is 0 Å². The highest BCUT2D eigenvalue weighted by Gasteiger charge is 2.35. The SMILES string of the molecule is CCC1=CC(CC)C(=O)C2=C1Oc1ccccc1O2. The summed E-state index contributed by atoms with van der Waals surface area (Å²) >= 11 is 0. The number of ether oxygens (including phenoxy) is 2. The van der Waals surface area contributed by atoms with Gasteiger partial charge in [-0.1, -0.05) is 32.1 Å². The van der Waals surface area contributed by atoms with Gasteiger partial charge in [-0.3, -0.25) is 4.79 Å². The number of hydrogen-bond donors (Lipinski definition) is 0. The molecule has 0 saturated heterocycles. The van der Waals surface area contributed by atoms with Crippen molar-refractivity contribution < 1.29 is 14.3 Å². The molecule has 1 aliphatic heterocycles. The Morgan fingerprint density at radius 1 is 1.05 bits per heavy atom. The summed E-state index contributed by atoms with van der Waals surface area (Å²) in [5, 5.41) is 0. The van der Waals surface area contributed by atoms with Crippen LogP contribution in [0.4, 0.5) is 0 Å². The van der Waals surface area contributed by atoms with Crippen LogP contribution in [0.25, 0.3) is 0 Å². The van der Waals surface area contributed by atoms with E-state index in [1.54, 1.807) is 0 Å². The zero-order chi connectivity index (χ0) is 13.4. The fourth-order valence-electron chi connectivity index (χ4n) is 2.45. The maximum atomic E-state index is 12.4. The summed E-state index contributed by atoms with van der Waals surface area (Å²) in [5.41, 5.74) is 1.05. The first-order valence-corrected chi connectivity index (χ1v) is 6.68. The van der Waals surface area contributed by atoms with Crippen LogP contribution in [0.15, 0.2) is 47.4 Å². The van der Waals surface area contributed by atoms with E-state index < -0.39 is 0 Å². The molecule has 3 nitrogen and oxygen atoms in total. The number of ketones is 1. The van der Waals surface area contributed by atoms with Gasteiger partial charge < -0.3 is 9.47 Å². The molecule has 1 aliphatic carbocycles. The summed E-state index contributed by atoms with van der Waals surface area (Å²) in [5.74, 6) is 2.16. The lowest BCUT2D eigenvalue weighted by Gasteiger charge is -2.28. The van der Waals surface area contributed by atoms with Gasteiger partial charge in [-0.2, -0.15) is 0 Å². The Kier molecular flexibility index (Phi) is 2.90. The molecule has 1 heterocycles. The average Bonchev–Trinajstić information content (AvgIpc) is 2.46. The van der Waals surface area contributed by atoms with Gasteiger partial charge in [-0.05, 0) is 30.5 Å². The van der Waals surface area contributed by atoms with E-state index in [-0.39, 0.29) is 11.7 Å². The minimum Gasteiger partial charge on any atom is -0.449 e. The number of fused-ring (bicyclic) bond motifs is 1. The quantitative estimate of drug-likeness (QED) is 0.810. The third kappa shape index (κ3) is 1.86. The van der Waals surface area contributed by atoms with Crippen molar-refractivity contribution in [3.05, 3.63) is 47.4 Å². The summed E-state index contributed by atoms with van der Waals surface area (Å²) in [6, 6.07) is 7.43. The fourth-order valence-corrected chi connectivity index (χ4v) is 2.45. The van der Waals surface area contributed by atoms with E-state index in [0.717, 1.165) is 18.4 Å². The molecule has 98 valence electrons. The van der Waals surface area contributed by atoms with E-state index in [9.17, 15) is 4.79 Å². The van der Waals surface area contributed by atoms with Crippen molar-refractivity contribution in [3.8, 4) is 11.5 Å². The second-order valence-electron chi connectivity index (χ2n) is 4.73. The first-order valence-electron chi connectivity index (χ1n) is 6.68. The van der Waals surface area contributed by atoms with Crippen LogP contribution >= 0.6 is 0 Å². The molecule has 0 N–H and O–H groups in total. The topological polar surface area (TPSA) is 35.5 Å². The molecule has 0 radical (unpaired) electrons. The minimum atomic E-state index is -0.0948. The summed E-state index contributed by atoms with van der Waals surface area (Å²) < 4.78 is 11.6. The van der Waals surface area contributed by atoms with Crippen LogP contribution in [0.5, 0.6) is 11.5 Å². The van der Waals surface area contributed by atoms with Crippen LogP contribution in [0.3, 0.4) is 0 Å². The Bertz CT molecular complexity index is 596. The lowest BCUT2D eigenvalue weighted by atomic mass is 9.89. The summed E-state index contributed by atoms with van der Waals surface area (Å²) in [6.45, 7) is 4.07. The average molecular weight is 256 g/mol. The maximum absolute atomic E-state index is 12.4. The molecule has 1 unspecified atom stereocenters. The first kappa shape index (κ1) is 12.0. The number of carbonyl (C=O) groups is 1. The number of Topliss-reactive ketones (excluding diaryl/α,β-unsaturated/α-hetero) is 1. The number of rotatable bonds is 2. The molecule has 0 bridgehead atoms. The molecule has 3 rings (SSSR count). The third-order valence-electron chi connectivity index (χ3n) is 3.55. The van der Waals surface area contributed by atoms with Crippen molar-refractivity contribution in [2.75, 3.05) is 0 Å². The molecular formula is C16H16O3. The van der Waals surface area contributed by atoms with E-state index in [0.29, 0.717) is 23.0 Å². The van der Waals surface area contributed by atoms with Crippen LogP contribution in [0, 0.1) is 5.92 Å². The van der Waals surface area contributed by atoms with Gasteiger partial charge in [0, 0.05) is 5.92 Å². The molecule has 0 spiro atoms. The second-order valence-corrected chi connectivity index (χ2v) is 4.73. The molecule has 3 heteroatoms. The lowest BCUT2D eigenvalue weighted by Crippen LogP contribution is -2.28. The van der Waals surface area contributed by atoms with Crippen molar-refractivity contribution in [3.63, 3.8) is 0 Å². The molecule has 0 amide bonds. The zero-order valence-electron chi connectivity index (χ0n) is 11.1. The van der Waals surface area contributed by atoms with Gasteiger partial charge in [0.1, 0.15) is 0 Å². The highest BCUT2D eigenvalue weighted by Crippen LogP contribution is 2.41. The molecular weight excluding hydrogens is 240 g/mol. The summed E-state index contributed by atoms with van der Waals surface area (Å²) in [6.07, 6.45) is 3.62. The Hall–Kier alpha value is -2.03. The normalized spacial score (nSPS) is 21.1. The predicted molar refractivity (Wildman–Crippen MR) is 71.9 cm³/mol. The smallest absolute Gasteiger partial charge is 0.213 e. The maximum Gasteiger partial charge on any atom is 0.213 e. The van der Waals surface area contributed by atoms with Gasteiger partial charge in [0.05, 0.1) is 0 Å². The van der Waals surface area contributed by atoms with Gasteiger partial charge in [0.2, 0.25) is 11.5 Å². The number of allylic oxidation sites excluding steroid dienone is 3. The number of benzene rings is 1. The summed E-state index contributed by atoms with van der Waals surface area (Å²) in [7, 11) is 0. The molecule has 1 aromatic carbocycles. The highest BCUT2D eigenvalue weighted by atomic mass is 16.6. The summed E-state index contributed by atoms with van der Waals surface area (Å²) in [4.78, 5) is 12.4. The van der Waals surface area contributed by atoms with E-state index in [2.05, 4.69) is 6.92 Å². The molecule has 19 heavy (non-hydrogen) atoms. The van der Waals surface area contributed by atoms with E-state index >= 15 is 0 Å². The fraction of sp³-hybridized carbons (Fsp3) is 0.312. The number of para-hydroxylation sites is 2. The monoisotopic (exact) mass is 256 g/mol. The van der Waals surface area contributed by atoms with Gasteiger partial charge in [0.15, 0.2) is 17.3 Å².